The Morgan fingerprint density at radius 3 is 2.16 bits per heavy atom. The molecule has 0 aromatic heterocycles. The quantitative estimate of drug-likeness (QED) is 0.440. The fourth-order valence-electron chi connectivity index (χ4n) is 1.38. The molecule has 1 aliphatic rings. The third-order valence-corrected chi connectivity index (χ3v) is 8.97. The van der Waals surface area contributed by atoms with Gasteiger partial charge in [0.2, 0.25) is 8.86 Å². The number of rotatable bonds is 1. The number of hydrogen-bond donors (Lipinski definition) is 0. The van der Waals surface area contributed by atoms with Crippen molar-refractivity contribution in [3.63, 3.8) is 0 Å². The van der Waals surface area contributed by atoms with Gasteiger partial charge in [-0.15, -0.1) is 0 Å². The van der Waals surface area contributed by atoms with Crippen molar-refractivity contribution in [2.24, 2.45) is 0 Å². The van der Waals surface area contributed by atoms with E-state index in [9.17, 15) is 35.9 Å². The summed E-state index contributed by atoms with van der Waals surface area (Å²) in [6.45, 7) is 0. The highest BCUT2D eigenvalue weighted by molar-refractivity contribution is 8.94. The minimum atomic E-state index is -4.89. The van der Waals surface area contributed by atoms with Gasteiger partial charge < -0.3 is 0 Å². The average Bonchev–Trinajstić information content (AvgIpc) is 2.52. The first kappa shape index (κ1) is 14.3. The van der Waals surface area contributed by atoms with Gasteiger partial charge in [-0.25, -0.2) is 12.6 Å². The van der Waals surface area contributed by atoms with Crippen LogP contribution in [0.1, 0.15) is 5.56 Å². The van der Waals surface area contributed by atoms with Crippen molar-refractivity contribution < 1.29 is 30.7 Å². The van der Waals surface area contributed by atoms with Gasteiger partial charge in [-0.1, -0.05) is 0 Å². The van der Waals surface area contributed by atoms with Gasteiger partial charge in [0.15, 0.2) is 19.7 Å². The number of nitro groups is 1. The van der Waals surface area contributed by atoms with E-state index in [4.69, 9.17) is 0 Å². The summed E-state index contributed by atoms with van der Waals surface area (Å²) in [4.78, 5) is 8.19. The van der Waals surface area contributed by atoms with Crippen LogP contribution in [0.3, 0.4) is 0 Å². The van der Waals surface area contributed by atoms with Crippen LogP contribution < -0.4 is 0 Å². The maximum Gasteiger partial charge on any atom is 0.416 e. The topological polar surface area (TPSA) is 94.3 Å². The molecule has 0 spiro atoms. The summed E-state index contributed by atoms with van der Waals surface area (Å²) in [7, 11) is -7.45. The molecular weight excluding hydrogens is 331 g/mol. The van der Waals surface area contributed by atoms with Gasteiger partial charge in [-0.3, -0.25) is 10.1 Å². The highest BCUT2D eigenvalue weighted by Crippen LogP contribution is 2.42. The van der Waals surface area contributed by atoms with Gasteiger partial charge in [-0.05, 0) is 6.07 Å². The molecule has 1 heterocycles. The number of nitrogens with zero attached hydrogens (tertiary/aromatic N) is 1. The molecule has 0 radical (unpaired) electrons. The molecule has 104 valence electrons. The molecule has 2 rings (SSSR count). The zero-order chi connectivity index (χ0) is 14.5. The van der Waals surface area contributed by atoms with E-state index in [1.807, 2.05) is 0 Å². The normalized spacial score (nSPS) is 26.2. The zero-order valence-electron chi connectivity index (χ0n) is 8.50. The Bertz CT molecular complexity index is 671. The maximum atomic E-state index is 12.5. The van der Waals surface area contributed by atoms with E-state index < -0.39 is 60.7 Å². The zero-order valence-corrected chi connectivity index (χ0v) is 11.0. The Morgan fingerprint density at radius 2 is 1.68 bits per heavy atom. The number of nitro benzene ring substituents is 1. The number of hydrogen-bond acceptors (Lipinski definition) is 5. The smallest absolute Gasteiger partial charge is 0.258 e. The van der Waals surface area contributed by atoms with E-state index in [1.165, 1.54) is 0 Å². The van der Waals surface area contributed by atoms with E-state index in [0.717, 1.165) is 0 Å². The number of alkyl halides is 3. The summed E-state index contributed by atoms with van der Waals surface area (Å²) in [5.74, 6) is 0. The van der Waals surface area contributed by atoms with Crippen LogP contribution in [0.2, 0.25) is 0 Å². The van der Waals surface area contributed by atoms with Crippen LogP contribution in [0.5, 0.6) is 0 Å². The number of benzene rings is 1. The second-order valence-corrected chi connectivity index (χ2v) is 9.71. The van der Waals surface area contributed by atoms with Crippen LogP contribution in [0, 0.1) is 10.1 Å². The predicted molar refractivity (Wildman–Crippen MR) is 59.1 cm³/mol. The Labute approximate surface area is 109 Å². The molecule has 0 amide bonds. The molecule has 0 bridgehead atoms. The minimum Gasteiger partial charge on any atom is -0.258 e. The van der Waals surface area contributed by atoms with Crippen molar-refractivity contribution in [1.82, 2.24) is 0 Å². The van der Waals surface area contributed by atoms with Gasteiger partial charge >= 0.3 is 6.18 Å². The van der Waals surface area contributed by atoms with Gasteiger partial charge in [0.05, 0.1) is 15.4 Å². The lowest BCUT2D eigenvalue weighted by molar-refractivity contribution is -0.388. The summed E-state index contributed by atoms with van der Waals surface area (Å²) >= 11 is 0. The van der Waals surface area contributed by atoms with Crippen LogP contribution in [0.25, 0.3) is 0 Å². The Morgan fingerprint density at radius 1 is 1.11 bits per heavy atom. The van der Waals surface area contributed by atoms with Crippen molar-refractivity contribution in [1.29, 1.82) is 0 Å². The summed E-state index contributed by atoms with van der Waals surface area (Å²) < 4.78 is 72.0. The Kier molecular flexibility index (Phi) is 3.35. The van der Waals surface area contributed by atoms with Crippen LogP contribution in [-0.2, 0) is 34.7 Å². The highest BCUT2D eigenvalue weighted by Gasteiger charge is 2.43. The lowest BCUT2D eigenvalue weighted by Gasteiger charge is -2.07. The monoisotopic (exact) mass is 333 g/mol. The molecular formula is C7H2F3NO5S3. The van der Waals surface area contributed by atoms with Crippen LogP contribution in [0.4, 0.5) is 18.9 Å². The van der Waals surface area contributed by atoms with Gasteiger partial charge in [0.25, 0.3) is 5.69 Å². The maximum absolute atomic E-state index is 12.5. The van der Waals surface area contributed by atoms with Crippen LogP contribution in [0.15, 0.2) is 21.9 Å². The third-order valence-electron chi connectivity index (χ3n) is 2.15. The molecule has 19 heavy (non-hydrogen) atoms. The van der Waals surface area contributed by atoms with Gasteiger partial charge in [-0.2, -0.15) is 13.2 Å². The van der Waals surface area contributed by atoms with E-state index in [2.05, 4.69) is 0 Å². The second-order valence-electron chi connectivity index (χ2n) is 3.25. The first-order chi connectivity index (χ1) is 8.64. The molecule has 0 aliphatic carbocycles. The van der Waals surface area contributed by atoms with E-state index in [0.29, 0.717) is 6.07 Å². The molecule has 3 unspecified atom stereocenters. The standard InChI is InChI=1S/C7H2F3NO5S3/c8-7(9,10)3-1-4(11(12)13)6-5(2-3)17(14)19(16)18(6)15/h1-2H. The fourth-order valence-corrected chi connectivity index (χ4v) is 7.93. The van der Waals surface area contributed by atoms with E-state index in [-0.39, 0.29) is 6.07 Å². The third kappa shape index (κ3) is 2.23. The minimum absolute atomic E-state index is 0.191. The summed E-state index contributed by atoms with van der Waals surface area (Å²) in [5, 5.41) is 10.7. The van der Waals surface area contributed by atoms with Crippen molar-refractivity contribution in [2.75, 3.05) is 0 Å². The molecule has 1 aromatic rings. The van der Waals surface area contributed by atoms with Crippen molar-refractivity contribution in [3.8, 4) is 0 Å². The molecule has 0 fully saturated rings. The largest absolute Gasteiger partial charge is 0.416 e. The molecule has 0 saturated carbocycles. The Hall–Kier alpha value is -1.14. The first-order valence-electron chi connectivity index (χ1n) is 4.30. The molecule has 0 saturated heterocycles. The SMILES string of the molecule is O=[N+]([O-])c1cc(C(F)(F)F)cc2c1S(=O)S(=O)S2=O. The molecule has 3 atom stereocenters. The van der Waals surface area contributed by atoms with Crippen molar-refractivity contribution >= 4 is 34.2 Å². The molecule has 0 N–H and O–H groups in total. The van der Waals surface area contributed by atoms with Crippen molar-refractivity contribution in [3.05, 3.63) is 27.8 Å². The highest BCUT2D eigenvalue weighted by atomic mass is 33.5. The predicted octanol–water partition coefficient (Wildman–Crippen LogP) is 1.42. The summed E-state index contributed by atoms with van der Waals surface area (Å²) in [5.41, 5.74) is -2.50. The van der Waals surface area contributed by atoms with Crippen LogP contribution >= 0.6 is 0 Å². The molecule has 6 nitrogen and oxygen atoms in total. The Balaban J connectivity index is 2.84. The lowest BCUT2D eigenvalue weighted by atomic mass is 10.2. The molecule has 1 aliphatic heterocycles. The van der Waals surface area contributed by atoms with Gasteiger partial charge in [0.1, 0.15) is 4.90 Å². The van der Waals surface area contributed by atoms with Crippen LogP contribution in [-0.4, -0.2) is 17.6 Å². The molecule has 12 heteroatoms. The lowest BCUT2D eigenvalue weighted by Crippen LogP contribution is -2.07. The summed E-state index contributed by atoms with van der Waals surface area (Å²) in [6, 6.07) is 0.567. The first-order valence-corrected chi connectivity index (χ1v) is 8.79. The van der Waals surface area contributed by atoms with E-state index in [1.54, 1.807) is 0 Å². The number of fused-ring (bicyclic) bond motifs is 1. The van der Waals surface area contributed by atoms with Gasteiger partial charge in [0, 0.05) is 6.07 Å². The fraction of sp³-hybridized carbons (Fsp3) is 0.143. The summed E-state index contributed by atoms with van der Waals surface area (Å²) in [6.07, 6.45) is -4.89. The second kappa shape index (κ2) is 4.45. The molecule has 1 aromatic carbocycles. The van der Waals surface area contributed by atoms with Crippen molar-refractivity contribution in [2.45, 2.75) is 16.0 Å². The number of halogens is 3. The van der Waals surface area contributed by atoms with E-state index >= 15 is 0 Å². The average molecular weight is 333 g/mol.